The Morgan fingerprint density at radius 1 is 0.931 bits per heavy atom. The molecule has 1 N–H and O–H groups in total. The molecule has 6 heteroatoms. The number of carbonyl (C=O) groups excluding carboxylic acids is 3. The fourth-order valence-electron chi connectivity index (χ4n) is 4.41. The zero-order chi connectivity index (χ0) is 20.6. The van der Waals surface area contributed by atoms with Crippen molar-refractivity contribution in [3.05, 3.63) is 35.9 Å². The van der Waals surface area contributed by atoms with Crippen molar-refractivity contribution in [3.63, 3.8) is 0 Å². The predicted octanol–water partition coefficient (Wildman–Crippen LogP) is 2.90. The number of nitrogens with one attached hydrogen (secondary N) is 1. The Morgan fingerprint density at radius 2 is 1.55 bits per heavy atom. The molecule has 1 aromatic carbocycles. The van der Waals surface area contributed by atoms with Gasteiger partial charge in [0, 0.05) is 39.0 Å². The van der Waals surface area contributed by atoms with E-state index in [0.29, 0.717) is 13.1 Å². The second kappa shape index (κ2) is 10.4. The van der Waals surface area contributed by atoms with Crippen molar-refractivity contribution in [2.75, 3.05) is 26.2 Å². The Kier molecular flexibility index (Phi) is 7.67. The first-order chi connectivity index (χ1) is 14.0. The number of rotatable bonds is 5. The third-order valence-corrected chi connectivity index (χ3v) is 6.07. The van der Waals surface area contributed by atoms with Crippen LogP contribution in [0.15, 0.2) is 30.3 Å². The number of hydrogen-bond donors (Lipinski definition) is 1. The predicted molar refractivity (Wildman–Crippen MR) is 112 cm³/mol. The van der Waals surface area contributed by atoms with Crippen LogP contribution in [-0.4, -0.2) is 53.7 Å². The van der Waals surface area contributed by atoms with Gasteiger partial charge in [-0.15, -0.1) is 0 Å². The van der Waals surface area contributed by atoms with Gasteiger partial charge in [0.25, 0.3) is 0 Å². The second-order valence-electron chi connectivity index (χ2n) is 8.26. The number of amides is 3. The first kappa shape index (κ1) is 21.3. The molecule has 29 heavy (non-hydrogen) atoms. The molecule has 3 rings (SSSR count). The summed E-state index contributed by atoms with van der Waals surface area (Å²) >= 11 is 0. The standard InChI is InChI=1S/C23H33N3O3/c1-18(27)24-21(19-9-5-4-6-10-19)17-22(28)25-15-11-20(12-16-25)23(29)26-13-7-2-3-8-14-26/h4-6,9-10,20-21H,2-3,7-8,11-17H2,1H3,(H,24,27)/t21-/m1/s1. The molecule has 0 aromatic heterocycles. The van der Waals surface area contributed by atoms with Crippen molar-refractivity contribution in [1.82, 2.24) is 15.1 Å². The number of nitrogens with zero attached hydrogens (tertiary/aromatic N) is 2. The lowest BCUT2D eigenvalue weighted by atomic mass is 9.94. The molecular formula is C23H33N3O3. The van der Waals surface area contributed by atoms with Crippen LogP contribution in [0.4, 0.5) is 0 Å². The van der Waals surface area contributed by atoms with Gasteiger partial charge in [-0.1, -0.05) is 43.2 Å². The lowest BCUT2D eigenvalue weighted by Crippen LogP contribution is -2.45. The Morgan fingerprint density at radius 3 is 2.14 bits per heavy atom. The van der Waals surface area contributed by atoms with Crippen molar-refractivity contribution in [2.24, 2.45) is 5.92 Å². The van der Waals surface area contributed by atoms with E-state index < -0.39 is 0 Å². The Bertz CT molecular complexity index is 691. The smallest absolute Gasteiger partial charge is 0.225 e. The largest absolute Gasteiger partial charge is 0.349 e. The third kappa shape index (κ3) is 6.05. The fourth-order valence-corrected chi connectivity index (χ4v) is 4.41. The molecular weight excluding hydrogens is 366 g/mol. The Balaban J connectivity index is 1.53. The van der Waals surface area contributed by atoms with Gasteiger partial charge in [-0.25, -0.2) is 0 Å². The molecule has 3 amide bonds. The summed E-state index contributed by atoms with van der Waals surface area (Å²) in [7, 11) is 0. The number of carbonyl (C=O) groups is 3. The monoisotopic (exact) mass is 399 g/mol. The van der Waals surface area contributed by atoms with Gasteiger partial charge in [0.2, 0.25) is 17.7 Å². The molecule has 1 atom stereocenters. The normalized spacial score (nSPS) is 19.3. The first-order valence-electron chi connectivity index (χ1n) is 10.9. The Labute approximate surface area is 173 Å². The highest BCUT2D eigenvalue weighted by Crippen LogP contribution is 2.24. The topological polar surface area (TPSA) is 69.7 Å². The summed E-state index contributed by atoms with van der Waals surface area (Å²) in [6, 6.07) is 9.28. The second-order valence-corrected chi connectivity index (χ2v) is 8.26. The van der Waals surface area contributed by atoms with E-state index in [0.717, 1.165) is 44.3 Å². The van der Waals surface area contributed by atoms with E-state index >= 15 is 0 Å². The van der Waals surface area contributed by atoms with Crippen molar-refractivity contribution >= 4 is 17.7 Å². The summed E-state index contributed by atoms with van der Waals surface area (Å²) in [5, 5.41) is 2.89. The van der Waals surface area contributed by atoms with Crippen LogP contribution in [0, 0.1) is 5.92 Å². The van der Waals surface area contributed by atoms with E-state index in [2.05, 4.69) is 5.32 Å². The van der Waals surface area contributed by atoms with Gasteiger partial charge < -0.3 is 15.1 Å². The van der Waals surface area contributed by atoms with E-state index in [9.17, 15) is 14.4 Å². The third-order valence-electron chi connectivity index (χ3n) is 6.07. The van der Waals surface area contributed by atoms with Gasteiger partial charge in [0.05, 0.1) is 12.5 Å². The fraction of sp³-hybridized carbons (Fsp3) is 0.609. The summed E-state index contributed by atoms with van der Waals surface area (Å²) in [6.07, 6.45) is 6.35. The summed E-state index contributed by atoms with van der Waals surface area (Å²) in [6.45, 7) is 4.47. The minimum atomic E-state index is -0.322. The van der Waals surface area contributed by atoms with Gasteiger partial charge >= 0.3 is 0 Å². The minimum absolute atomic E-state index is 0.0354. The molecule has 0 unspecified atom stereocenters. The maximum atomic E-state index is 12.9. The van der Waals surface area contributed by atoms with Crippen LogP contribution in [0.1, 0.15) is 63.5 Å². The maximum absolute atomic E-state index is 12.9. The summed E-state index contributed by atoms with van der Waals surface area (Å²) in [4.78, 5) is 41.2. The van der Waals surface area contributed by atoms with Gasteiger partial charge in [0.15, 0.2) is 0 Å². The summed E-state index contributed by atoms with van der Waals surface area (Å²) in [5.41, 5.74) is 0.933. The van der Waals surface area contributed by atoms with Crippen LogP contribution in [0.25, 0.3) is 0 Å². The molecule has 0 spiro atoms. The lowest BCUT2D eigenvalue weighted by molar-refractivity contribution is -0.141. The van der Waals surface area contributed by atoms with Crippen LogP contribution < -0.4 is 5.32 Å². The molecule has 2 aliphatic heterocycles. The molecule has 6 nitrogen and oxygen atoms in total. The average molecular weight is 400 g/mol. The van der Waals surface area contributed by atoms with Crippen LogP contribution in [-0.2, 0) is 14.4 Å². The molecule has 0 radical (unpaired) electrons. The van der Waals surface area contributed by atoms with Crippen molar-refractivity contribution in [3.8, 4) is 0 Å². The highest BCUT2D eigenvalue weighted by Gasteiger charge is 2.31. The van der Waals surface area contributed by atoms with Crippen molar-refractivity contribution in [2.45, 2.75) is 57.9 Å². The quantitative estimate of drug-likeness (QED) is 0.828. The molecule has 0 bridgehead atoms. The first-order valence-corrected chi connectivity index (χ1v) is 10.9. The van der Waals surface area contributed by atoms with Crippen molar-refractivity contribution in [1.29, 1.82) is 0 Å². The lowest BCUT2D eigenvalue weighted by Gasteiger charge is -2.34. The average Bonchev–Trinajstić information content (AvgIpc) is 3.03. The number of likely N-dealkylation sites (tertiary alicyclic amines) is 2. The molecule has 2 aliphatic rings. The number of piperidine rings is 1. The summed E-state index contributed by atoms with van der Waals surface area (Å²) < 4.78 is 0. The van der Waals surface area contributed by atoms with Crippen LogP contribution in [0.5, 0.6) is 0 Å². The van der Waals surface area contributed by atoms with E-state index in [1.54, 1.807) is 0 Å². The van der Waals surface area contributed by atoms with E-state index in [-0.39, 0.29) is 36.1 Å². The van der Waals surface area contributed by atoms with Crippen LogP contribution in [0.2, 0.25) is 0 Å². The SMILES string of the molecule is CC(=O)N[C@H](CC(=O)N1CCC(C(=O)N2CCCCCC2)CC1)c1ccccc1. The molecule has 0 saturated carbocycles. The van der Waals surface area contributed by atoms with Gasteiger partial charge in [-0.2, -0.15) is 0 Å². The Hall–Kier alpha value is -2.37. The molecule has 158 valence electrons. The van der Waals surface area contributed by atoms with E-state index in [4.69, 9.17) is 0 Å². The van der Waals surface area contributed by atoms with Crippen LogP contribution >= 0.6 is 0 Å². The molecule has 1 aromatic rings. The molecule has 2 heterocycles. The number of benzene rings is 1. The van der Waals surface area contributed by atoms with Crippen molar-refractivity contribution < 1.29 is 14.4 Å². The highest BCUT2D eigenvalue weighted by molar-refractivity contribution is 5.81. The molecule has 2 saturated heterocycles. The van der Waals surface area contributed by atoms with Gasteiger partial charge in [-0.05, 0) is 31.2 Å². The maximum Gasteiger partial charge on any atom is 0.225 e. The van der Waals surface area contributed by atoms with Crippen LogP contribution in [0.3, 0.4) is 0 Å². The zero-order valence-electron chi connectivity index (χ0n) is 17.4. The van der Waals surface area contributed by atoms with Gasteiger partial charge in [-0.3, -0.25) is 14.4 Å². The molecule has 2 fully saturated rings. The highest BCUT2D eigenvalue weighted by atomic mass is 16.2. The van der Waals surface area contributed by atoms with E-state index in [1.165, 1.54) is 19.8 Å². The van der Waals surface area contributed by atoms with Gasteiger partial charge in [0.1, 0.15) is 0 Å². The minimum Gasteiger partial charge on any atom is -0.349 e. The van der Waals surface area contributed by atoms with E-state index in [1.807, 2.05) is 40.1 Å². The summed E-state index contributed by atoms with van der Waals surface area (Å²) in [5.74, 6) is 0.207. The number of hydrogen-bond acceptors (Lipinski definition) is 3. The zero-order valence-corrected chi connectivity index (χ0v) is 17.4. The molecule has 0 aliphatic carbocycles.